The van der Waals surface area contributed by atoms with Crippen LogP contribution in [0.2, 0.25) is 5.02 Å². The molecule has 0 radical (unpaired) electrons. The molecule has 100 valence electrons. The Morgan fingerprint density at radius 3 is 2.60 bits per heavy atom. The first-order valence-electron chi connectivity index (χ1n) is 5.62. The van der Waals surface area contributed by atoms with E-state index < -0.39 is 4.92 Å². The molecule has 5 nitrogen and oxygen atoms in total. The number of benzene rings is 1. The first-order valence-corrected chi connectivity index (χ1v) is 6.81. The Hall–Kier alpha value is -2.18. The summed E-state index contributed by atoms with van der Waals surface area (Å²) in [6.07, 6.45) is 1.13. The monoisotopic (exact) mass is 306 g/mol. The molecule has 0 amide bonds. The number of aromatic nitrogens is 1. The third-order valence-electron chi connectivity index (χ3n) is 2.87. The zero-order valence-corrected chi connectivity index (χ0v) is 11.5. The van der Waals surface area contributed by atoms with Crippen molar-refractivity contribution in [2.45, 2.75) is 0 Å². The van der Waals surface area contributed by atoms with Crippen molar-refractivity contribution in [3.8, 4) is 10.4 Å². The fraction of sp³-hybridized carbons (Fsp3) is 0. The lowest BCUT2D eigenvalue weighted by molar-refractivity contribution is -0.383. The van der Waals surface area contributed by atoms with Crippen LogP contribution in [0.4, 0.5) is 5.69 Å². The first kappa shape index (κ1) is 12.8. The summed E-state index contributed by atoms with van der Waals surface area (Å²) in [4.78, 5) is 25.4. The number of hydrogen-bond acceptors (Lipinski definition) is 4. The number of hydrogen-bond donors (Lipinski definition) is 1. The Balaban J connectivity index is 2.27. The fourth-order valence-corrected chi connectivity index (χ4v) is 3.20. The van der Waals surface area contributed by atoms with Gasteiger partial charge in [0.05, 0.1) is 16.5 Å². The molecule has 7 heteroatoms. The lowest BCUT2D eigenvalue weighted by atomic mass is 10.2. The van der Waals surface area contributed by atoms with Gasteiger partial charge >= 0.3 is 5.69 Å². The van der Waals surface area contributed by atoms with Gasteiger partial charge in [-0.1, -0.05) is 23.7 Å². The molecular formula is C13H7ClN2O3S. The van der Waals surface area contributed by atoms with Crippen LogP contribution in [0.1, 0.15) is 0 Å². The molecule has 0 saturated heterocycles. The number of nitrogens with one attached hydrogen (secondary N) is 1. The average molecular weight is 307 g/mol. The molecule has 0 spiro atoms. The highest BCUT2D eigenvalue weighted by Crippen LogP contribution is 2.36. The summed E-state index contributed by atoms with van der Waals surface area (Å²) in [6.45, 7) is 0. The van der Waals surface area contributed by atoms with Crippen molar-refractivity contribution in [1.82, 2.24) is 4.98 Å². The lowest BCUT2D eigenvalue weighted by Gasteiger charge is -1.95. The van der Waals surface area contributed by atoms with Gasteiger partial charge in [0.1, 0.15) is 4.70 Å². The van der Waals surface area contributed by atoms with Gasteiger partial charge in [-0.05, 0) is 23.8 Å². The predicted octanol–water partition coefficient (Wildman–Crippen LogP) is 3.82. The minimum atomic E-state index is -0.500. The molecule has 0 fully saturated rings. The Kier molecular flexibility index (Phi) is 3.04. The molecule has 2 aromatic heterocycles. The maximum Gasteiger partial charge on any atom is 0.303 e. The van der Waals surface area contributed by atoms with E-state index in [4.69, 9.17) is 11.6 Å². The molecule has 0 bridgehead atoms. The van der Waals surface area contributed by atoms with Crippen LogP contribution in [0.5, 0.6) is 0 Å². The highest BCUT2D eigenvalue weighted by atomic mass is 35.5. The Labute approximate surface area is 121 Å². The van der Waals surface area contributed by atoms with Gasteiger partial charge < -0.3 is 4.98 Å². The van der Waals surface area contributed by atoms with Crippen LogP contribution in [0.15, 0.2) is 41.3 Å². The van der Waals surface area contributed by atoms with Gasteiger partial charge in [0, 0.05) is 9.90 Å². The van der Waals surface area contributed by atoms with Gasteiger partial charge in [-0.2, -0.15) is 0 Å². The topological polar surface area (TPSA) is 76.0 Å². The van der Waals surface area contributed by atoms with Crippen LogP contribution >= 0.6 is 22.9 Å². The summed E-state index contributed by atoms with van der Waals surface area (Å²) in [7, 11) is 0. The summed E-state index contributed by atoms with van der Waals surface area (Å²) in [5.74, 6) is 0. The standard InChI is InChI=1S/C13H7ClN2O3S/c14-8-3-1-7(2-4-8)11-5-9-12(20-11)10(16(18)19)6-15-13(9)17/h1-6H,(H,15,17). The number of fused-ring (bicyclic) bond motifs is 1. The fourth-order valence-electron chi connectivity index (χ4n) is 1.92. The van der Waals surface area contributed by atoms with Gasteiger partial charge in [-0.15, -0.1) is 11.3 Å². The van der Waals surface area contributed by atoms with Gasteiger partial charge in [-0.25, -0.2) is 0 Å². The van der Waals surface area contributed by atoms with Crippen molar-refractivity contribution in [2.24, 2.45) is 0 Å². The number of aromatic amines is 1. The smallest absolute Gasteiger partial charge is 0.303 e. The summed E-state index contributed by atoms with van der Waals surface area (Å²) in [5, 5.41) is 11.9. The minimum absolute atomic E-state index is 0.0928. The second-order valence-corrected chi connectivity index (χ2v) is 5.61. The second-order valence-electron chi connectivity index (χ2n) is 4.12. The molecule has 0 unspecified atom stereocenters. The van der Waals surface area contributed by atoms with Crippen LogP contribution in [0.25, 0.3) is 20.5 Å². The summed E-state index contributed by atoms with van der Waals surface area (Å²) in [6, 6.07) is 8.76. The normalized spacial score (nSPS) is 10.8. The van der Waals surface area contributed by atoms with E-state index in [1.165, 1.54) is 11.3 Å². The highest BCUT2D eigenvalue weighted by molar-refractivity contribution is 7.22. The van der Waals surface area contributed by atoms with Gasteiger partial charge in [0.15, 0.2) is 0 Å². The SMILES string of the molecule is O=c1[nH]cc([N+](=O)[O-])c2sc(-c3ccc(Cl)cc3)cc12. The van der Waals surface area contributed by atoms with E-state index in [-0.39, 0.29) is 11.2 Å². The molecule has 1 N–H and O–H groups in total. The van der Waals surface area contributed by atoms with Crippen LogP contribution in [-0.2, 0) is 0 Å². The van der Waals surface area contributed by atoms with E-state index in [1.807, 2.05) is 12.1 Å². The number of pyridine rings is 1. The lowest BCUT2D eigenvalue weighted by Crippen LogP contribution is -2.05. The highest BCUT2D eigenvalue weighted by Gasteiger charge is 2.18. The van der Waals surface area contributed by atoms with Crippen LogP contribution in [-0.4, -0.2) is 9.91 Å². The van der Waals surface area contributed by atoms with Gasteiger partial charge in [0.2, 0.25) is 0 Å². The Morgan fingerprint density at radius 2 is 1.95 bits per heavy atom. The molecule has 2 heterocycles. The van der Waals surface area contributed by atoms with Crippen molar-refractivity contribution in [3.05, 3.63) is 62.0 Å². The molecule has 3 rings (SSSR count). The molecule has 0 aliphatic rings. The number of nitrogens with zero attached hydrogens (tertiary/aromatic N) is 1. The van der Waals surface area contributed by atoms with Crippen LogP contribution in [0, 0.1) is 10.1 Å². The summed E-state index contributed by atoms with van der Waals surface area (Å²) >= 11 is 7.05. The van der Waals surface area contributed by atoms with E-state index >= 15 is 0 Å². The van der Waals surface area contributed by atoms with Crippen LogP contribution in [0.3, 0.4) is 0 Å². The van der Waals surface area contributed by atoms with Crippen molar-refractivity contribution in [1.29, 1.82) is 0 Å². The number of H-pyrrole nitrogens is 1. The Bertz CT molecular complexity index is 867. The maximum absolute atomic E-state index is 11.8. The Morgan fingerprint density at radius 1 is 1.25 bits per heavy atom. The molecule has 0 aliphatic carbocycles. The molecule has 0 atom stereocenters. The first-order chi connectivity index (χ1) is 9.56. The van der Waals surface area contributed by atoms with E-state index in [2.05, 4.69) is 4.98 Å². The quantitative estimate of drug-likeness (QED) is 0.577. The van der Waals surface area contributed by atoms with Crippen molar-refractivity contribution in [3.63, 3.8) is 0 Å². The van der Waals surface area contributed by atoms with Gasteiger partial charge in [0.25, 0.3) is 5.56 Å². The zero-order valence-electron chi connectivity index (χ0n) is 9.92. The number of thiophene rings is 1. The molecule has 3 aromatic rings. The summed E-state index contributed by atoms with van der Waals surface area (Å²) < 4.78 is 0.378. The van der Waals surface area contributed by atoms with Gasteiger partial charge in [-0.3, -0.25) is 14.9 Å². The minimum Gasteiger partial charge on any atom is -0.322 e. The molecular weight excluding hydrogens is 300 g/mol. The third kappa shape index (κ3) is 2.09. The average Bonchev–Trinajstić information content (AvgIpc) is 2.85. The molecule has 1 aromatic carbocycles. The van der Waals surface area contributed by atoms with Crippen molar-refractivity contribution in [2.75, 3.05) is 0 Å². The summed E-state index contributed by atoms with van der Waals surface area (Å²) in [5.41, 5.74) is 0.441. The molecule has 20 heavy (non-hydrogen) atoms. The maximum atomic E-state index is 11.8. The van der Waals surface area contributed by atoms with Crippen molar-refractivity contribution < 1.29 is 4.92 Å². The van der Waals surface area contributed by atoms with E-state index in [0.29, 0.717) is 15.1 Å². The zero-order chi connectivity index (χ0) is 14.3. The number of nitro groups is 1. The molecule has 0 aliphatic heterocycles. The third-order valence-corrected chi connectivity index (χ3v) is 4.33. The second kappa shape index (κ2) is 4.73. The number of rotatable bonds is 2. The van der Waals surface area contributed by atoms with E-state index in [0.717, 1.165) is 16.6 Å². The van der Waals surface area contributed by atoms with E-state index in [9.17, 15) is 14.9 Å². The predicted molar refractivity (Wildman–Crippen MR) is 79.5 cm³/mol. The van der Waals surface area contributed by atoms with E-state index in [1.54, 1.807) is 18.2 Å². The largest absolute Gasteiger partial charge is 0.322 e. The molecule has 0 saturated carbocycles. The van der Waals surface area contributed by atoms with Crippen molar-refractivity contribution >= 4 is 38.7 Å². The van der Waals surface area contributed by atoms with Crippen LogP contribution < -0.4 is 5.56 Å². The number of halogens is 1.